The van der Waals surface area contributed by atoms with Crippen molar-refractivity contribution in [2.24, 2.45) is 0 Å². The highest BCUT2D eigenvalue weighted by Crippen LogP contribution is 2.25. The van der Waals surface area contributed by atoms with Crippen molar-refractivity contribution in [3.63, 3.8) is 0 Å². The van der Waals surface area contributed by atoms with E-state index in [9.17, 15) is 13.6 Å². The fourth-order valence-electron chi connectivity index (χ4n) is 1.18. The van der Waals surface area contributed by atoms with Crippen molar-refractivity contribution in [2.45, 2.75) is 13.3 Å². The maximum atomic E-state index is 12.4. The summed E-state index contributed by atoms with van der Waals surface area (Å²) in [6, 6.07) is 1.55. The number of aromatic carboxylic acids is 1. The number of carbonyl (C=O) groups is 1. The van der Waals surface area contributed by atoms with Crippen molar-refractivity contribution in [1.82, 2.24) is 4.98 Å². The number of rotatable bonds is 2. The first-order valence-corrected chi connectivity index (χ1v) is 3.90. The molecule has 0 aromatic carbocycles. The monoisotopic (exact) mass is 212 g/mol. The average Bonchev–Trinajstić information content (AvgIpc) is 2.15. The van der Waals surface area contributed by atoms with Crippen molar-refractivity contribution in [2.75, 3.05) is 0 Å². The van der Waals surface area contributed by atoms with Crippen molar-refractivity contribution in [3.8, 4) is 6.07 Å². The van der Waals surface area contributed by atoms with Crippen LogP contribution < -0.4 is 0 Å². The molecule has 6 heteroatoms. The average molecular weight is 212 g/mol. The lowest BCUT2D eigenvalue weighted by molar-refractivity contribution is 0.0694. The number of halogens is 2. The summed E-state index contributed by atoms with van der Waals surface area (Å²) in [6.45, 7) is 1.23. The third-order valence-corrected chi connectivity index (χ3v) is 1.93. The number of carboxylic acids is 1. The van der Waals surface area contributed by atoms with Gasteiger partial charge in [0, 0.05) is 11.8 Å². The van der Waals surface area contributed by atoms with Crippen LogP contribution in [-0.2, 0) is 0 Å². The quantitative estimate of drug-likeness (QED) is 0.812. The molecule has 0 bridgehead atoms. The van der Waals surface area contributed by atoms with Gasteiger partial charge in [-0.3, -0.25) is 0 Å². The molecule has 1 N–H and O–H groups in total. The maximum absolute atomic E-state index is 12.4. The molecule has 0 aliphatic carbocycles. The van der Waals surface area contributed by atoms with E-state index in [0.717, 1.165) is 6.20 Å². The molecule has 0 spiro atoms. The summed E-state index contributed by atoms with van der Waals surface area (Å²) >= 11 is 0. The smallest absolute Gasteiger partial charge is 0.338 e. The van der Waals surface area contributed by atoms with E-state index in [1.807, 2.05) is 0 Å². The predicted molar refractivity (Wildman–Crippen MR) is 45.6 cm³/mol. The zero-order valence-corrected chi connectivity index (χ0v) is 7.66. The zero-order valence-electron chi connectivity index (χ0n) is 7.66. The molecular formula is C9H6F2N2O2. The summed E-state index contributed by atoms with van der Waals surface area (Å²) in [5.74, 6) is -1.43. The summed E-state index contributed by atoms with van der Waals surface area (Å²) in [5.41, 5.74) is -1.41. The summed E-state index contributed by atoms with van der Waals surface area (Å²) in [6.07, 6.45) is -1.98. The molecule has 1 aromatic heterocycles. The van der Waals surface area contributed by atoms with E-state index in [4.69, 9.17) is 10.4 Å². The number of pyridine rings is 1. The van der Waals surface area contributed by atoms with Gasteiger partial charge in [-0.05, 0) is 12.5 Å². The highest BCUT2D eigenvalue weighted by atomic mass is 19.3. The zero-order chi connectivity index (χ0) is 11.6. The molecule has 0 unspecified atom stereocenters. The molecule has 0 amide bonds. The van der Waals surface area contributed by atoms with E-state index in [1.165, 1.54) is 6.92 Å². The Bertz CT molecular complexity index is 452. The van der Waals surface area contributed by atoms with Gasteiger partial charge < -0.3 is 5.11 Å². The normalized spacial score (nSPS) is 10.1. The molecule has 1 aromatic rings. The van der Waals surface area contributed by atoms with Gasteiger partial charge in [0.15, 0.2) is 5.69 Å². The van der Waals surface area contributed by atoms with Crippen LogP contribution in [0.15, 0.2) is 6.20 Å². The highest BCUT2D eigenvalue weighted by Gasteiger charge is 2.21. The summed E-state index contributed by atoms with van der Waals surface area (Å²) in [7, 11) is 0. The van der Waals surface area contributed by atoms with Crippen LogP contribution in [0.5, 0.6) is 0 Å². The van der Waals surface area contributed by atoms with E-state index >= 15 is 0 Å². The number of aromatic nitrogens is 1. The lowest BCUT2D eigenvalue weighted by atomic mass is 10.0. The summed E-state index contributed by atoms with van der Waals surface area (Å²) in [4.78, 5) is 14.1. The fourth-order valence-corrected chi connectivity index (χ4v) is 1.18. The van der Waals surface area contributed by atoms with Gasteiger partial charge in [-0.25, -0.2) is 18.6 Å². The first-order chi connectivity index (χ1) is 6.99. The Hall–Kier alpha value is -2.03. The third kappa shape index (κ3) is 1.91. The SMILES string of the molecule is Cc1c(C(F)F)cnc(C#N)c1C(=O)O. The van der Waals surface area contributed by atoms with Crippen molar-refractivity contribution in [3.05, 3.63) is 28.6 Å². The molecule has 0 radical (unpaired) electrons. The van der Waals surface area contributed by atoms with Crippen molar-refractivity contribution in [1.29, 1.82) is 5.26 Å². The molecule has 0 saturated heterocycles. The van der Waals surface area contributed by atoms with Crippen LogP contribution in [0.1, 0.15) is 33.6 Å². The minimum Gasteiger partial charge on any atom is -0.478 e. The standard InChI is InChI=1S/C9H6F2N2O2/c1-4-5(8(10)11)3-13-6(2-12)7(4)9(14)15/h3,8H,1H3,(H,14,15). The summed E-state index contributed by atoms with van der Waals surface area (Å²) in [5, 5.41) is 17.3. The molecule has 1 heterocycles. The van der Waals surface area contributed by atoms with Gasteiger partial charge in [-0.1, -0.05) is 0 Å². The van der Waals surface area contributed by atoms with Gasteiger partial charge in [0.1, 0.15) is 6.07 Å². The molecule has 0 aliphatic rings. The topological polar surface area (TPSA) is 74.0 Å². The first-order valence-electron chi connectivity index (χ1n) is 3.90. The molecule has 78 valence electrons. The molecule has 0 atom stereocenters. The van der Waals surface area contributed by atoms with E-state index in [-0.39, 0.29) is 11.3 Å². The van der Waals surface area contributed by atoms with Gasteiger partial charge in [0.25, 0.3) is 6.43 Å². The number of nitrogens with zero attached hydrogens (tertiary/aromatic N) is 2. The van der Waals surface area contributed by atoms with Crippen LogP contribution in [0, 0.1) is 18.3 Å². The first kappa shape index (κ1) is 11.0. The maximum Gasteiger partial charge on any atom is 0.338 e. The largest absolute Gasteiger partial charge is 0.478 e. The van der Waals surface area contributed by atoms with Crippen LogP contribution in [0.4, 0.5) is 8.78 Å². The molecule has 15 heavy (non-hydrogen) atoms. The Balaban J connectivity index is 3.51. The second kappa shape index (κ2) is 4.00. The second-order valence-corrected chi connectivity index (χ2v) is 2.78. The predicted octanol–water partition coefficient (Wildman–Crippen LogP) is 1.90. The molecule has 1 rings (SSSR count). The third-order valence-electron chi connectivity index (χ3n) is 1.93. The van der Waals surface area contributed by atoms with Gasteiger partial charge in [0.05, 0.1) is 5.56 Å². The molecule has 0 aliphatic heterocycles. The number of nitriles is 1. The Morgan fingerprint density at radius 3 is 2.67 bits per heavy atom. The molecular weight excluding hydrogens is 206 g/mol. The van der Waals surface area contributed by atoms with Crippen molar-refractivity contribution < 1.29 is 18.7 Å². The van der Waals surface area contributed by atoms with Gasteiger partial charge >= 0.3 is 5.97 Å². The van der Waals surface area contributed by atoms with E-state index < -0.39 is 23.5 Å². The second-order valence-electron chi connectivity index (χ2n) is 2.78. The van der Waals surface area contributed by atoms with Crippen LogP contribution in [0.2, 0.25) is 0 Å². The number of hydrogen-bond donors (Lipinski definition) is 1. The fraction of sp³-hybridized carbons (Fsp3) is 0.222. The summed E-state index contributed by atoms with van der Waals surface area (Å²) < 4.78 is 24.8. The van der Waals surface area contributed by atoms with Gasteiger partial charge in [-0.15, -0.1) is 0 Å². The lowest BCUT2D eigenvalue weighted by Gasteiger charge is -2.07. The van der Waals surface area contributed by atoms with Crippen LogP contribution in [-0.4, -0.2) is 16.1 Å². The Morgan fingerprint density at radius 2 is 2.27 bits per heavy atom. The van der Waals surface area contributed by atoms with Crippen LogP contribution in [0.3, 0.4) is 0 Å². The van der Waals surface area contributed by atoms with Crippen LogP contribution >= 0.6 is 0 Å². The van der Waals surface area contributed by atoms with E-state index in [2.05, 4.69) is 4.98 Å². The number of carboxylic acid groups (broad SMARTS) is 1. The Labute approximate surface area is 83.8 Å². The van der Waals surface area contributed by atoms with E-state index in [0.29, 0.717) is 0 Å². The van der Waals surface area contributed by atoms with E-state index in [1.54, 1.807) is 6.07 Å². The lowest BCUT2D eigenvalue weighted by Crippen LogP contribution is -2.08. The number of hydrogen-bond acceptors (Lipinski definition) is 3. The highest BCUT2D eigenvalue weighted by molar-refractivity contribution is 5.91. The van der Waals surface area contributed by atoms with Gasteiger partial charge in [0.2, 0.25) is 0 Å². The van der Waals surface area contributed by atoms with Crippen LogP contribution in [0.25, 0.3) is 0 Å². The molecule has 4 nitrogen and oxygen atoms in total. The molecule has 0 fully saturated rings. The molecule has 0 saturated carbocycles. The van der Waals surface area contributed by atoms with Crippen molar-refractivity contribution >= 4 is 5.97 Å². The number of alkyl halides is 2. The Kier molecular flexibility index (Phi) is 2.95. The van der Waals surface area contributed by atoms with Gasteiger partial charge in [-0.2, -0.15) is 5.26 Å². The minimum absolute atomic E-state index is 0.121. The Morgan fingerprint density at radius 1 is 1.67 bits per heavy atom. The minimum atomic E-state index is -2.80.